The molecule has 3 rings (SSSR count). The van der Waals surface area contributed by atoms with Gasteiger partial charge in [-0.1, -0.05) is 36.9 Å². The molecule has 8 nitrogen and oxygen atoms in total. The zero-order chi connectivity index (χ0) is 24.7. The molecule has 0 bridgehead atoms. The highest BCUT2D eigenvalue weighted by Gasteiger charge is 2.28. The third-order valence-electron chi connectivity index (χ3n) is 4.36. The molecule has 0 unspecified atom stereocenters. The van der Waals surface area contributed by atoms with E-state index in [9.17, 15) is 13.2 Å². The molecule has 182 valence electrons. The highest BCUT2D eigenvalue weighted by Crippen LogP contribution is 2.30. The van der Waals surface area contributed by atoms with Gasteiger partial charge in [-0.3, -0.25) is 14.4 Å². The topological polar surface area (TPSA) is 101 Å². The predicted molar refractivity (Wildman–Crippen MR) is 140 cm³/mol. The number of anilines is 2. The monoisotopic (exact) mass is 538 g/mol. The number of carbonyl (C=O) groups excluding carboxylic acids is 1. The van der Waals surface area contributed by atoms with E-state index in [1.165, 1.54) is 23.1 Å². The lowest BCUT2D eigenvalue weighted by atomic mass is 10.3. The van der Waals surface area contributed by atoms with Crippen LogP contribution in [-0.4, -0.2) is 49.2 Å². The average molecular weight is 539 g/mol. The molecule has 0 atom stereocenters. The number of nitrogens with zero attached hydrogens (tertiary/aromatic N) is 3. The normalized spacial score (nSPS) is 11.4. The second-order valence-corrected chi connectivity index (χ2v) is 12.7. The van der Waals surface area contributed by atoms with E-state index in [2.05, 4.69) is 15.5 Å². The smallest absolute Gasteiger partial charge is 0.264 e. The fraction of sp³-hybridized carbons (Fsp3) is 0.318. The summed E-state index contributed by atoms with van der Waals surface area (Å²) >= 11 is 4.31. The number of nitrogens with one attached hydrogen (secondary N) is 1. The van der Waals surface area contributed by atoms with Gasteiger partial charge in [0, 0.05) is 10.1 Å². The number of amides is 1. The fourth-order valence-corrected chi connectivity index (χ4v) is 6.68. The van der Waals surface area contributed by atoms with Gasteiger partial charge in [-0.2, -0.15) is 0 Å². The van der Waals surface area contributed by atoms with Crippen molar-refractivity contribution in [3.8, 4) is 5.75 Å². The molecular formula is C22H26N4O4S4. The summed E-state index contributed by atoms with van der Waals surface area (Å²) in [6, 6.07) is 13.2. The van der Waals surface area contributed by atoms with E-state index in [1.807, 2.05) is 27.0 Å². The van der Waals surface area contributed by atoms with Gasteiger partial charge in [-0.05, 0) is 61.7 Å². The minimum Gasteiger partial charge on any atom is -0.494 e. The van der Waals surface area contributed by atoms with Crippen LogP contribution in [-0.2, 0) is 14.8 Å². The molecule has 1 aromatic heterocycles. The van der Waals surface area contributed by atoms with Crippen molar-refractivity contribution >= 4 is 61.6 Å². The highest BCUT2D eigenvalue weighted by atomic mass is 32.2. The van der Waals surface area contributed by atoms with Crippen molar-refractivity contribution < 1.29 is 17.9 Å². The standard InChI is InChI=1S/C22H26N4O4S4/c1-5-30-17-8-6-16(7-9-17)26(34(28,29)19-12-10-18(31-4)11-13-19)14-20(27)23-21-24-25-22(33-21)32-15(2)3/h6-13,15H,5,14H2,1-4H3,(H,23,24,27). The van der Waals surface area contributed by atoms with E-state index in [1.54, 1.807) is 60.3 Å². The van der Waals surface area contributed by atoms with Crippen LogP contribution in [0.2, 0.25) is 0 Å². The average Bonchev–Trinajstić information content (AvgIpc) is 3.24. The molecule has 1 amide bonds. The van der Waals surface area contributed by atoms with Crippen LogP contribution in [0.25, 0.3) is 0 Å². The molecule has 0 aliphatic rings. The predicted octanol–water partition coefficient (Wildman–Crippen LogP) is 4.99. The van der Waals surface area contributed by atoms with Crippen molar-refractivity contribution in [2.45, 2.75) is 40.2 Å². The molecule has 0 saturated carbocycles. The number of hydrogen-bond acceptors (Lipinski definition) is 9. The van der Waals surface area contributed by atoms with E-state index in [4.69, 9.17) is 4.74 Å². The van der Waals surface area contributed by atoms with Crippen LogP contribution in [0.5, 0.6) is 5.75 Å². The van der Waals surface area contributed by atoms with Crippen molar-refractivity contribution in [3.05, 3.63) is 48.5 Å². The van der Waals surface area contributed by atoms with Gasteiger partial charge in [-0.15, -0.1) is 22.0 Å². The Labute approximate surface area is 212 Å². The first-order valence-electron chi connectivity index (χ1n) is 10.4. The Bertz CT molecular complexity index is 1200. The van der Waals surface area contributed by atoms with E-state index >= 15 is 0 Å². The lowest BCUT2D eigenvalue weighted by molar-refractivity contribution is -0.114. The van der Waals surface area contributed by atoms with Crippen molar-refractivity contribution in [2.75, 3.05) is 29.0 Å². The Morgan fingerprint density at radius 3 is 2.38 bits per heavy atom. The summed E-state index contributed by atoms with van der Waals surface area (Å²) in [4.78, 5) is 13.9. The number of rotatable bonds is 11. The summed E-state index contributed by atoms with van der Waals surface area (Å²) in [6.07, 6.45) is 1.92. The van der Waals surface area contributed by atoms with Crippen LogP contribution in [0, 0.1) is 0 Å². The Hall–Kier alpha value is -2.28. The summed E-state index contributed by atoms with van der Waals surface area (Å²) in [5.74, 6) is 0.0943. The number of ether oxygens (including phenoxy) is 1. The maximum atomic E-state index is 13.5. The number of carbonyl (C=O) groups is 1. The van der Waals surface area contributed by atoms with Gasteiger partial charge in [0.25, 0.3) is 10.0 Å². The summed E-state index contributed by atoms with van der Waals surface area (Å²) in [5, 5.41) is 11.4. The second-order valence-electron chi connectivity index (χ2n) is 7.20. The summed E-state index contributed by atoms with van der Waals surface area (Å²) in [7, 11) is -4.02. The van der Waals surface area contributed by atoms with E-state index in [0.29, 0.717) is 28.4 Å². The molecule has 0 fully saturated rings. The van der Waals surface area contributed by atoms with Crippen molar-refractivity contribution in [1.82, 2.24) is 10.2 Å². The largest absolute Gasteiger partial charge is 0.494 e. The van der Waals surface area contributed by atoms with Gasteiger partial charge in [0.2, 0.25) is 11.0 Å². The third kappa shape index (κ3) is 6.87. The van der Waals surface area contributed by atoms with Crippen molar-refractivity contribution in [1.29, 1.82) is 0 Å². The van der Waals surface area contributed by atoms with E-state index < -0.39 is 22.5 Å². The Balaban J connectivity index is 1.87. The van der Waals surface area contributed by atoms with Crippen LogP contribution in [0.15, 0.2) is 62.7 Å². The van der Waals surface area contributed by atoms with Gasteiger partial charge in [0.15, 0.2) is 4.34 Å². The zero-order valence-corrected chi connectivity index (χ0v) is 22.5. The molecule has 0 aliphatic heterocycles. The molecule has 1 N–H and O–H groups in total. The number of benzene rings is 2. The summed E-state index contributed by atoms with van der Waals surface area (Å²) < 4.78 is 34.3. The SMILES string of the molecule is CCOc1ccc(N(CC(=O)Nc2nnc(SC(C)C)s2)S(=O)(=O)c2ccc(SC)cc2)cc1. The van der Waals surface area contributed by atoms with Gasteiger partial charge < -0.3 is 4.74 Å². The van der Waals surface area contributed by atoms with Crippen LogP contribution in [0.3, 0.4) is 0 Å². The number of thioether (sulfide) groups is 2. The van der Waals surface area contributed by atoms with Gasteiger partial charge in [0.1, 0.15) is 12.3 Å². The zero-order valence-electron chi connectivity index (χ0n) is 19.2. The molecule has 3 aromatic rings. The maximum absolute atomic E-state index is 13.5. The van der Waals surface area contributed by atoms with Crippen LogP contribution in [0.1, 0.15) is 20.8 Å². The maximum Gasteiger partial charge on any atom is 0.264 e. The van der Waals surface area contributed by atoms with E-state index in [0.717, 1.165) is 13.5 Å². The highest BCUT2D eigenvalue weighted by molar-refractivity contribution is 8.01. The van der Waals surface area contributed by atoms with Crippen LogP contribution in [0.4, 0.5) is 10.8 Å². The van der Waals surface area contributed by atoms with Gasteiger partial charge >= 0.3 is 0 Å². The molecule has 2 aromatic carbocycles. The van der Waals surface area contributed by atoms with Crippen molar-refractivity contribution in [3.63, 3.8) is 0 Å². The summed E-state index contributed by atoms with van der Waals surface area (Å²) in [5.41, 5.74) is 0.348. The molecular weight excluding hydrogens is 513 g/mol. The Morgan fingerprint density at radius 2 is 1.79 bits per heavy atom. The summed E-state index contributed by atoms with van der Waals surface area (Å²) in [6.45, 7) is 6.01. The minimum absolute atomic E-state index is 0.0959. The fourth-order valence-electron chi connectivity index (χ4n) is 2.86. The molecule has 0 radical (unpaired) electrons. The first kappa shape index (κ1) is 26.3. The lowest BCUT2D eigenvalue weighted by Gasteiger charge is -2.24. The first-order valence-corrected chi connectivity index (χ1v) is 14.8. The number of aromatic nitrogens is 2. The quantitative estimate of drug-likeness (QED) is 0.269. The molecule has 34 heavy (non-hydrogen) atoms. The van der Waals surface area contributed by atoms with Crippen LogP contribution >= 0.6 is 34.9 Å². The number of sulfonamides is 1. The molecule has 0 spiro atoms. The van der Waals surface area contributed by atoms with Gasteiger partial charge in [0.05, 0.1) is 17.2 Å². The Kier molecular flexibility index (Phi) is 9.23. The molecule has 12 heteroatoms. The van der Waals surface area contributed by atoms with Crippen LogP contribution < -0.4 is 14.4 Å². The first-order chi connectivity index (χ1) is 16.2. The minimum atomic E-state index is -4.02. The molecule has 0 aliphatic carbocycles. The van der Waals surface area contributed by atoms with Gasteiger partial charge in [-0.25, -0.2) is 8.42 Å². The van der Waals surface area contributed by atoms with Crippen molar-refractivity contribution in [2.24, 2.45) is 0 Å². The molecule has 0 saturated heterocycles. The van der Waals surface area contributed by atoms with E-state index in [-0.39, 0.29) is 4.90 Å². The third-order valence-corrected chi connectivity index (χ3v) is 8.82. The second kappa shape index (κ2) is 11.9. The number of hydrogen-bond donors (Lipinski definition) is 1. The Morgan fingerprint density at radius 1 is 1.12 bits per heavy atom. The molecule has 1 heterocycles. The lowest BCUT2D eigenvalue weighted by Crippen LogP contribution is -2.38.